The maximum Gasteiger partial charge on any atom is 0.253 e. The standard InChI is InChI=1S/C24H26F2N4O3S2/c1-16-4-2-3-9-30(16)35(32,33)19-7-5-17(6-8-19)23(31)28-10-12-29(13-11-28)24-27-22-20(26)14-18(25)15-21(22)34-24/h5-8,14-16H,2-4,9-13H2,1H3. The van der Waals surface area contributed by atoms with Crippen LogP contribution in [0.5, 0.6) is 0 Å². The summed E-state index contributed by atoms with van der Waals surface area (Å²) in [6, 6.07) is 8.23. The minimum atomic E-state index is -3.59. The molecule has 2 fully saturated rings. The van der Waals surface area contributed by atoms with Crippen LogP contribution < -0.4 is 4.90 Å². The van der Waals surface area contributed by atoms with Gasteiger partial charge in [-0.3, -0.25) is 4.79 Å². The third kappa shape index (κ3) is 4.64. The molecule has 0 spiro atoms. The molecule has 35 heavy (non-hydrogen) atoms. The van der Waals surface area contributed by atoms with Gasteiger partial charge in [-0.05, 0) is 50.1 Å². The first-order valence-electron chi connectivity index (χ1n) is 11.7. The van der Waals surface area contributed by atoms with E-state index in [1.54, 1.807) is 21.3 Å². The summed E-state index contributed by atoms with van der Waals surface area (Å²) in [5.41, 5.74) is 0.584. The molecule has 0 N–H and O–H groups in total. The van der Waals surface area contributed by atoms with Gasteiger partial charge in [-0.1, -0.05) is 17.8 Å². The number of piperidine rings is 1. The molecule has 7 nitrogen and oxygen atoms in total. The van der Waals surface area contributed by atoms with Gasteiger partial charge in [0.05, 0.1) is 9.60 Å². The zero-order chi connectivity index (χ0) is 24.7. The van der Waals surface area contributed by atoms with Crippen LogP contribution in [0.25, 0.3) is 10.2 Å². The summed E-state index contributed by atoms with van der Waals surface area (Å²) in [6.07, 6.45) is 2.74. The lowest BCUT2D eigenvalue weighted by Crippen LogP contribution is -2.48. The molecule has 0 bridgehead atoms. The van der Waals surface area contributed by atoms with E-state index in [0.29, 0.717) is 48.1 Å². The Hall–Kier alpha value is -2.63. The molecule has 5 rings (SSSR count). The van der Waals surface area contributed by atoms with E-state index in [2.05, 4.69) is 4.98 Å². The van der Waals surface area contributed by atoms with E-state index >= 15 is 0 Å². The Labute approximate surface area is 207 Å². The lowest BCUT2D eigenvalue weighted by Gasteiger charge is -2.34. The van der Waals surface area contributed by atoms with Crippen molar-refractivity contribution in [2.45, 2.75) is 37.1 Å². The number of hydrogen-bond acceptors (Lipinski definition) is 6. The molecular formula is C24H26F2N4O3S2. The maximum atomic E-state index is 14.0. The van der Waals surface area contributed by atoms with Crippen LogP contribution in [0.15, 0.2) is 41.3 Å². The normalized spacial score (nSPS) is 19.9. The molecule has 2 aliphatic heterocycles. The van der Waals surface area contributed by atoms with E-state index in [-0.39, 0.29) is 22.4 Å². The fourth-order valence-electron chi connectivity index (χ4n) is 4.70. The predicted octanol–water partition coefficient (Wildman–Crippen LogP) is 4.10. The highest BCUT2D eigenvalue weighted by molar-refractivity contribution is 7.89. The lowest BCUT2D eigenvalue weighted by molar-refractivity contribution is 0.0746. The van der Waals surface area contributed by atoms with Gasteiger partial charge in [-0.15, -0.1) is 0 Å². The monoisotopic (exact) mass is 520 g/mol. The number of hydrogen-bond donors (Lipinski definition) is 0. The summed E-state index contributed by atoms with van der Waals surface area (Å²) in [5, 5.41) is 0.595. The average molecular weight is 521 g/mol. The molecule has 0 aliphatic carbocycles. The highest BCUT2D eigenvalue weighted by Gasteiger charge is 2.31. The number of fused-ring (bicyclic) bond motifs is 1. The molecule has 1 aromatic heterocycles. The Kier molecular flexibility index (Phi) is 6.49. The number of carbonyl (C=O) groups is 1. The topological polar surface area (TPSA) is 73.8 Å². The van der Waals surface area contributed by atoms with Gasteiger partial charge in [0.15, 0.2) is 10.9 Å². The number of amides is 1. The summed E-state index contributed by atoms with van der Waals surface area (Å²) >= 11 is 1.22. The first kappa shape index (κ1) is 24.1. The predicted molar refractivity (Wildman–Crippen MR) is 131 cm³/mol. The highest BCUT2D eigenvalue weighted by atomic mass is 32.2. The maximum absolute atomic E-state index is 14.0. The van der Waals surface area contributed by atoms with Gasteiger partial charge in [0.25, 0.3) is 5.91 Å². The first-order valence-corrected chi connectivity index (χ1v) is 13.9. The molecule has 3 heterocycles. The van der Waals surface area contributed by atoms with Gasteiger partial charge in [0.1, 0.15) is 11.3 Å². The Balaban J connectivity index is 1.24. The molecule has 186 valence electrons. The number of piperazine rings is 1. The smallest absolute Gasteiger partial charge is 0.253 e. The summed E-state index contributed by atoms with van der Waals surface area (Å²) < 4.78 is 55.6. The second-order valence-electron chi connectivity index (χ2n) is 8.99. The van der Waals surface area contributed by atoms with Crippen molar-refractivity contribution >= 4 is 42.6 Å². The summed E-state index contributed by atoms with van der Waals surface area (Å²) in [7, 11) is -3.59. The average Bonchev–Trinajstić information content (AvgIpc) is 3.28. The van der Waals surface area contributed by atoms with E-state index < -0.39 is 21.7 Å². The fraction of sp³-hybridized carbons (Fsp3) is 0.417. The first-order chi connectivity index (χ1) is 16.7. The van der Waals surface area contributed by atoms with Crippen LogP contribution in [0.2, 0.25) is 0 Å². The Morgan fingerprint density at radius 3 is 2.43 bits per heavy atom. The summed E-state index contributed by atoms with van der Waals surface area (Å²) in [6.45, 7) is 4.35. The SMILES string of the molecule is CC1CCCCN1S(=O)(=O)c1ccc(C(=O)N2CCN(c3nc4c(F)cc(F)cc4s3)CC2)cc1. The van der Waals surface area contributed by atoms with E-state index in [4.69, 9.17) is 0 Å². The van der Waals surface area contributed by atoms with E-state index in [1.165, 1.54) is 29.5 Å². The van der Waals surface area contributed by atoms with Gasteiger partial charge in [-0.25, -0.2) is 22.2 Å². The van der Waals surface area contributed by atoms with Crippen molar-refractivity contribution in [1.29, 1.82) is 0 Å². The van der Waals surface area contributed by atoms with Crippen LogP contribution in [0.4, 0.5) is 13.9 Å². The van der Waals surface area contributed by atoms with Crippen molar-refractivity contribution in [3.05, 3.63) is 53.6 Å². The number of aromatic nitrogens is 1. The zero-order valence-corrected chi connectivity index (χ0v) is 20.9. The minimum absolute atomic E-state index is 0.0303. The van der Waals surface area contributed by atoms with Crippen LogP contribution in [-0.2, 0) is 10.0 Å². The molecule has 2 saturated heterocycles. The Morgan fingerprint density at radius 1 is 1.03 bits per heavy atom. The number of halogens is 2. The van der Waals surface area contributed by atoms with Gasteiger partial charge >= 0.3 is 0 Å². The van der Waals surface area contributed by atoms with E-state index in [9.17, 15) is 22.0 Å². The third-order valence-corrected chi connectivity index (χ3v) is 9.78. The number of thiazole rings is 1. The lowest BCUT2D eigenvalue weighted by atomic mass is 10.1. The fourth-order valence-corrected chi connectivity index (χ4v) is 7.45. The molecule has 2 aliphatic rings. The van der Waals surface area contributed by atoms with Gasteiger partial charge in [0.2, 0.25) is 10.0 Å². The number of nitrogens with zero attached hydrogens (tertiary/aromatic N) is 4. The molecular weight excluding hydrogens is 494 g/mol. The third-order valence-electron chi connectivity index (χ3n) is 6.69. The summed E-state index contributed by atoms with van der Waals surface area (Å²) in [5.74, 6) is -1.49. The van der Waals surface area contributed by atoms with Crippen molar-refractivity contribution < 1.29 is 22.0 Å². The number of rotatable bonds is 4. The highest BCUT2D eigenvalue weighted by Crippen LogP contribution is 2.32. The van der Waals surface area contributed by atoms with Crippen LogP contribution in [0, 0.1) is 11.6 Å². The summed E-state index contributed by atoms with van der Waals surface area (Å²) in [4.78, 5) is 21.2. The number of sulfonamides is 1. The number of anilines is 1. The zero-order valence-electron chi connectivity index (χ0n) is 19.3. The van der Waals surface area contributed by atoms with Crippen molar-refractivity contribution in [3.8, 4) is 0 Å². The van der Waals surface area contributed by atoms with Gasteiger partial charge in [-0.2, -0.15) is 4.31 Å². The second-order valence-corrected chi connectivity index (χ2v) is 11.9. The quantitative estimate of drug-likeness (QED) is 0.518. The largest absolute Gasteiger partial charge is 0.345 e. The van der Waals surface area contributed by atoms with E-state index in [1.807, 2.05) is 11.8 Å². The molecule has 1 atom stereocenters. The van der Waals surface area contributed by atoms with E-state index in [0.717, 1.165) is 25.3 Å². The molecule has 2 aromatic carbocycles. The molecule has 0 saturated carbocycles. The molecule has 0 radical (unpaired) electrons. The van der Waals surface area contributed by atoms with Gasteiger partial charge < -0.3 is 9.80 Å². The van der Waals surface area contributed by atoms with Crippen LogP contribution in [0.3, 0.4) is 0 Å². The minimum Gasteiger partial charge on any atom is -0.345 e. The van der Waals surface area contributed by atoms with Crippen molar-refractivity contribution in [3.63, 3.8) is 0 Å². The van der Waals surface area contributed by atoms with Crippen LogP contribution in [-0.4, -0.2) is 67.3 Å². The Bertz CT molecular complexity index is 1350. The van der Waals surface area contributed by atoms with Crippen LogP contribution in [0.1, 0.15) is 36.5 Å². The number of carbonyl (C=O) groups excluding carboxylic acids is 1. The van der Waals surface area contributed by atoms with Crippen LogP contribution >= 0.6 is 11.3 Å². The second kappa shape index (κ2) is 9.44. The Morgan fingerprint density at radius 2 is 1.74 bits per heavy atom. The number of benzene rings is 2. The van der Waals surface area contributed by atoms with Gasteiger partial charge in [0, 0.05) is 50.4 Å². The molecule has 3 aromatic rings. The molecule has 1 amide bonds. The molecule has 11 heteroatoms. The van der Waals surface area contributed by atoms with Crippen molar-refractivity contribution in [2.75, 3.05) is 37.6 Å². The van der Waals surface area contributed by atoms with Crippen molar-refractivity contribution in [1.82, 2.24) is 14.2 Å². The van der Waals surface area contributed by atoms with Crippen molar-refractivity contribution in [2.24, 2.45) is 0 Å². The molecule has 1 unspecified atom stereocenters.